The highest BCUT2D eigenvalue weighted by atomic mass is 19.1. The number of hydrogen-bond acceptors (Lipinski definition) is 6. The molecular weight excluding hydrogens is 389 g/mol. The molecule has 1 aliphatic heterocycles. The van der Waals surface area contributed by atoms with Gasteiger partial charge in [0, 0.05) is 34.0 Å². The van der Waals surface area contributed by atoms with E-state index in [2.05, 4.69) is 20.5 Å². The molecule has 0 radical (unpaired) electrons. The van der Waals surface area contributed by atoms with Gasteiger partial charge in [-0.25, -0.2) is 4.39 Å². The molecule has 2 aromatic heterocycles. The largest absolute Gasteiger partial charge is 0.502 e. The summed E-state index contributed by atoms with van der Waals surface area (Å²) < 4.78 is 19.5. The predicted octanol–water partition coefficient (Wildman–Crippen LogP) is 3.09. The lowest BCUT2D eigenvalue weighted by molar-refractivity contribution is 0.0995. The number of nitrogens with zero attached hydrogens (tertiary/aromatic N) is 2. The maximum atomic E-state index is 14.4. The molecule has 0 aliphatic carbocycles. The zero-order valence-electron chi connectivity index (χ0n) is 15.7. The van der Waals surface area contributed by atoms with E-state index in [1.807, 2.05) is 24.3 Å². The number of primary amides is 1. The molecule has 0 saturated heterocycles. The third-order valence-corrected chi connectivity index (χ3v) is 5.27. The van der Waals surface area contributed by atoms with Crippen molar-refractivity contribution in [2.24, 2.45) is 5.73 Å². The molecule has 0 saturated carbocycles. The number of phenols is 1. The summed E-state index contributed by atoms with van der Waals surface area (Å²) in [5, 5.41) is 22.1. The van der Waals surface area contributed by atoms with Gasteiger partial charge in [-0.2, -0.15) is 0 Å². The number of anilines is 1. The van der Waals surface area contributed by atoms with Gasteiger partial charge in [0.2, 0.25) is 0 Å². The second-order valence-corrected chi connectivity index (χ2v) is 6.93. The summed E-state index contributed by atoms with van der Waals surface area (Å²) in [6.45, 7) is 0. The number of amides is 1. The molecule has 1 atom stereocenters. The average Bonchev–Trinajstić information content (AvgIpc) is 3.10. The fourth-order valence-corrected chi connectivity index (χ4v) is 3.94. The number of ether oxygens (including phenoxy) is 1. The SMILES string of the molecule is COc1cc(C2Nc3ccccc3-c3c(C(N)=O)nnc4[nH]cc2c34)cc(F)c1O. The van der Waals surface area contributed by atoms with Crippen LogP contribution in [0.1, 0.15) is 27.7 Å². The first kappa shape index (κ1) is 17.9. The van der Waals surface area contributed by atoms with E-state index in [1.54, 1.807) is 12.3 Å². The zero-order valence-corrected chi connectivity index (χ0v) is 15.7. The number of nitrogens with one attached hydrogen (secondary N) is 2. The van der Waals surface area contributed by atoms with Gasteiger partial charge in [0.15, 0.2) is 28.7 Å². The van der Waals surface area contributed by atoms with Crippen molar-refractivity contribution in [3.8, 4) is 22.6 Å². The first-order valence-electron chi connectivity index (χ1n) is 9.09. The normalized spacial score (nSPS) is 14.7. The van der Waals surface area contributed by atoms with Crippen molar-refractivity contribution in [3.63, 3.8) is 0 Å². The number of halogens is 1. The molecule has 3 heterocycles. The van der Waals surface area contributed by atoms with E-state index in [0.29, 0.717) is 27.8 Å². The van der Waals surface area contributed by atoms with Gasteiger partial charge in [-0.1, -0.05) is 18.2 Å². The molecule has 9 heteroatoms. The molecule has 150 valence electrons. The number of methoxy groups -OCH3 is 1. The van der Waals surface area contributed by atoms with Crippen LogP contribution in [0.4, 0.5) is 10.1 Å². The van der Waals surface area contributed by atoms with Crippen LogP contribution in [-0.4, -0.2) is 33.3 Å². The first-order chi connectivity index (χ1) is 14.5. The smallest absolute Gasteiger partial charge is 0.269 e. The highest BCUT2D eigenvalue weighted by Gasteiger charge is 2.30. The monoisotopic (exact) mass is 405 g/mol. The summed E-state index contributed by atoms with van der Waals surface area (Å²) in [5.74, 6) is -2.04. The third kappa shape index (κ3) is 2.48. The van der Waals surface area contributed by atoms with Crippen LogP contribution in [0, 0.1) is 5.82 Å². The number of para-hydroxylation sites is 1. The van der Waals surface area contributed by atoms with E-state index in [4.69, 9.17) is 10.5 Å². The molecule has 1 aliphatic rings. The molecule has 1 unspecified atom stereocenters. The van der Waals surface area contributed by atoms with Gasteiger partial charge in [0.1, 0.15) is 0 Å². The van der Waals surface area contributed by atoms with Gasteiger partial charge in [-0.05, 0) is 23.8 Å². The van der Waals surface area contributed by atoms with Crippen molar-refractivity contribution in [2.45, 2.75) is 6.04 Å². The Balaban J connectivity index is 1.86. The number of fused-ring (bicyclic) bond motifs is 2. The van der Waals surface area contributed by atoms with Crippen LogP contribution >= 0.6 is 0 Å². The van der Waals surface area contributed by atoms with E-state index < -0.39 is 23.5 Å². The lowest BCUT2D eigenvalue weighted by atomic mass is 9.95. The quantitative estimate of drug-likeness (QED) is 0.415. The third-order valence-electron chi connectivity index (χ3n) is 5.27. The minimum atomic E-state index is -0.804. The van der Waals surface area contributed by atoms with E-state index in [-0.39, 0.29) is 11.4 Å². The molecular formula is C21H16FN5O3. The standard InChI is InChI=1S/C21H16FN5O3/c1-30-14-7-9(6-12(22)19(14)28)17-11-8-24-21-16(11)15(18(20(23)29)26-27-21)10-4-2-3-5-13(10)25-17/h2-8,17,25,28H,1H3,(H2,23,29)(H,24,27). The Bertz CT molecular complexity index is 1330. The fraction of sp³-hybridized carbons (Fsp3) is 0.0952. The van der Waals surface area contributed by atoms with Crippen molar-refractivity contribution in [1.29, 1.82) is 0 Å². The molecule has 0 fully saturated rings. The highest BCUT2D eigenvalue weighted by molar-refractivity contribution is 6.10. The number of nitrogens with two attached hydrogens (primary N) is 1. The lowest BCUT2D eigenvalue weighted by Gasteiger charge is -2.20. The Morgan fingerprint density at radius 3 is 2.83 bits per heavy atom. The van der Waals surface area contributed by atoms with Crippen LogP contribution < -0.4 is 15.8 Å². The molecule has 8 nitrogen and oxygen atoms in total. The Labute approximate surface area is 169 Å². The van der Waals surface area contributed by atoms with Crippen molar-refractivity contribution in [1.82, 2.24) is 15.2 Å². The number of carbonyl (C=O) groups excluding carboxylic acids is 1. The van der Waals surface area contributed by atoms with Crippen molar-refractivity contribution >= 4 is 22.6 Å². The van der Waals surface area contributed by atoms with Crippen LogP contribution in [0.3, 0.4) is 0 Å². The van der Waals surface area contributed by atoms with Crippen molar-refractivity contribution < 1.29 is 19.0 Å². The summed E-state index contributed by atoms with van der Waals surface area (Å²) in [5.41, 5.74) is 9.34. The minimum Gasteiger partial charge on any atom is -0.502 e. The number of benzene rings is 2. The average molecular weight is 405 g/mol. The van der Waals surface area contributed by atoms with Gasteiger partial charge >= 0.3 is 0 Å². The van der Waals surface area contributed by atoms with Gasteiger partial charge in [-0.3, -0.25) is 4.79 Å². The molecule has 2 aromatic carbocycles. The number of aromatic nitrogens is 3. The Kier molecular flexibility index (Phi) is 3.85. The Hall–Kier alpha value is -4.14. The summed E-state index contributed by atoms with van der Waals surface area (Å²) in [6.07, 6.45) is 1.73. The molecule has 0 spiro atoms. The van der Waals surface area contributed by atoms with E-state index in [0.717, 1.165) is 11.1 Å². The molecule has 4 aromatic rings. The highest BCUT2D eigenvalue weighted by Crippen LogP contribution is 2.45. The second kappa shape index (κ2) is 6.45. The van der Waals surface area contributed by atoms with Crippen molar-refractivity contribution in [2.75, 3.05) is 12.4 Å². The van der Waals surface area contributed by atoms with Crippen LogP contribution in [0.15, 0.2) is 42.6 Å². The molecule has 5 N–H and O–H groups in total. The Morgan fingerprint density at radius 1 is 1.27 bits per heavy atom. The maximum Gasteiger partial charge on any atom is 0.269 e. The van der Waals surface area contributed by atoms with Crippen molar-refractivity contribution in [3.05, 3.63) is 65.2 Å². The number of aromatic hydroxyl groups is 1. The van der Waals surface area contributed by atoms with Crippen LogP contribution in [0.5, 0.6) is 11.5 Å². The zero-order chi connectivity index (χ0) is 21.0. The number of carbonyl (C=O) groups is 1. The number of H-pyrrole nitrogens is 1. The number of hydrogen-bond donors (Lipinski definition) is 4. The van der Waals surface area contributed by atoms with E-state index in [9.17, 15) is 14.3 Å². The molecule has 30 heavy (non-hydrogen) atoms. The second-order valence-electron chi connectivity index (χ2n) is 6.93. The summed E-state index contributed by atoms with van der Waals surface area (Å²) in [6, 6.07) is 9.66. The first-order valence-corrected chi connectivity index (χ1v) is 9.09. The molecule has 5 rings (SSSR count). The summed E-state index contributed by atoms with van der Waals surface area (Å²) in [7, 11) is 1.35. The maximum absolute atomic E-state index is 14.4. The topological polar surface area (TPSA) is 126 Å². The lowest BCUT2D eigenvalue weighted by Crippen LogP contribution is -2.15. The minimum absolute atomic E-state index is 0.0158. The van der Waals surface area contributed by atoms with Crippen LogP contribution in [-0.2, 0) is 0 Å². The number of phenolic OH excluding ortho intramolecular Hbond substituents is 1. The fourth-order valence-electron chi connectivity index (χ4n) is 3.94. The number of rotatable bonds is 3. The molecule has 0 bridgehead atoms. The van der Waals surface area contributed by atoms with Crippen LogP contribution in [0.25, 0.3) is 22.2 Å². The Morgan fingerprint density at radius 2 is 2.07 bits per heavy atom. The molecule has 1 amide bonds. The van der Waals surface area contributed by atoms with Gasteiger partial charge in [0.25, 0.3) is 5.91 Å². The summed E-state index contributed by atoms with van der Waals surface area (Å²) in [4.78, 5) is 15.2. The number of aromatic amines is 1. The van der Waals surface area contributed by atoms with Gasteiger partial charge in [0.05, 0.1) is 13.2 Å². The van der Waals surface area contributed by atoms with Crippen LogP contribution in [0.2, 0.25) is 0 Å². The summed E-state index contributed by atoms with van der Waals surface area (Å²) >= 11 is 0. The van der Waals surface area contributed by atoms with Gasteiger partial charge in [-0.15, -0.1) is 10.2 Å². The van der Waals surface area contributed by atoms with E-state index >= 15 is 0 Å². The predicted molar refractivity (Wildman–Crippen MR) is 108 cm³/mol. The van der Waals surface area contributed by atoms with E-state index in [1.165, 1.54) is 13.2 Å². The van der Waals surface area contributed by atoms with Gasteiger partial charge < -0.3 is 25.9 Å².